The highest BCUT2D eigenvalue weighted by Crippen LogP contribution is 2.22. The van der Waals surface area contributed by atoms with Gasteiger partial charge in [-0.3, -0.25) is 0 Å². The Bertz CT molecular complexity index is 363. The smallest absolute Gasteiger partial charge is 0.0332 e. The molecule has 1 aromatic carbocycles. The zero-order chi connectivity index (χ0) is 14.2. The molecule has 20 heavy (non-hydrogen) atoms. The van der Waals surface area contributed by atoms with Crippen LogP contribution < -0.4 is 5.32 Å². The third kappa shape index (κ3) is 4.60. The zero-order valence-corrected chi connectivity index (χ0v) is 13.1. The molecule has 1 fully saturated rings. The molecule has 1 aliphatic rings. The third-order valence-corrected chi connectivity index (χ3v) is 4.57. The molecule has 2 nitrogen and oxygen atoms in total. The summed E-state index contributed by atoms with van der Waals surface area (Å²) in [5, 5.41) is 3.64. The van der Waals surface area contributed by atoms with Crippen molar-refractivity contribution in [3.63, 3.8) is 0 Å². The van der Waals surface area contributed by atoms with Gasteiger partial charge in [-0.1, -0.05) is 50.6 Å². The van der Waals surface area contributed by atoms with Gasteiger partial charge in [0.05, 0.1) is 0 Å². The second kappa shape index (κ2) is 8.43. The molecule has 0 aromatic heterocycles. The highest BCUT2D eigenvalue weighted by atomic mass is 15.1. The number of nitrogens with zero attached hydrogens (tertiary/aromatic N) is 1. The van der Waals surface area contributed by atoms with Crippen molar-refractivity contribution in [2.24, 2.45) is 5.92 Å². The summed E-state index contributed by atoms with van der Waals surface area (Å²) in [5.41, 5.74) is 1.43. The van der Waals surface area contributed by atoms with Crippen molar-refractivity contribution in [3.05, 3.63) is 35.9 Å². The van der Waals surface area contributed by atoms with Gasteiger partial charge in [-0.2, -0.15) is 0 Å². The van der Waals surface area contributed by atoms with Crippen LogP contribution in [0.2, 0.25) is 0 Å². The van der Waals surface area contributed by atoms with Crippen LogP contribution in [0, 0.1) is 5.92 Å². The average molecular weight is 274 g/mol. The first-order valence-electron chi connectivity index (χ1n) is 8.34. The molecule has 0 radical (unpaired) electrons. The summed E-state index contributed by atoms with van der Waals surface area (Å²) in [6.07, 6.45) is 5.37. The van der Waals surface area contributed by atoms with E-state index < -0.39 is 0 Å². The molecule has 1 aliphatic heterocycles. The topological polar surface area (TPSA) is 15.3 Å². The monoisotopic (exact) mass is 274 g/mol. The molecule has 0 aliphatic carbocycles. The van der Waals surface area contributed by atoms with E-state index in [1.54, 1.807) is 0 Å². The van der Waals surface area contributed by atoms with Gasteiger partial charge in [0.1, 0.15) is 0 Å². The van der Waals surface area contributed by atoms with Gasteiger partial charge in [0.25, 0.3) is 0 Å². The minimum absolute atomic E-state index is 0.503. The van der Waals surface area contributed by atoms with Crippen LogP contribution in [0.5, 0.6) is 0 Å². The molecule has 0 bridgehead atoms. The van der Waals surface area contributed by atoms with E-state index in [1.165, 1.54) is 50.9 Å². The molecular weight excluding hydrogens is 244 g/mol. The summed E-state index contributed by atoms with van der Waals surface area (Å²) in [5.74, 6) is 0.929. The summed E-state index contributed by atoms with van der Waals surface area (Å²) in [6.45, 7) is 9.40. The number of benzene rings is 1. The highest BCUT2D eigenvalue weighted by molar-refractivity contribution is 5.18. The first-order valence-corrected chi connectivity index (χ1v) is 8.34. The van der Waals surface area contributed by atoms with Gasteiger partial charge < -0.3 is 10.2 Å². The Balaban J connectivity index is 1.86. The number of rotatable bonds is 7. The number of hydrogen-bond donors (Lipinski definition) is 1. The van der Waals surface area contributed by atoms with Crippen molar-refractivity contribution in [2.75, 3.05) is 26.2 Å². The SMILES string of the molecule is CCNC(CCN1CCCC(CC)C1)c1ccccc1. The molecule has 2 unspecified atom stereocenters. The van der Waals surface area contributed by atoms with Gasteiger partial charge >= 0.3 is 0 Å². The van der Waals surface area contributed by atoms with Crippen LogP contribution in [-0.4, -0.2) is 31.1 Å². The lowest BCUT2D eigenvalue weighted by Crippen LogP contribution is -2.37. The van der Waals surface area contributed by atoms with Crippen LogP contribution in [0.4, 0.5) is 0 Å². The van der Waals surface area contributed by atoms with E-state index in [9.17, 15) is 0 Å². The first-order chi connectivity index (χ1) is 9.83. The van der Waals surface area contributed by atoms with Crippen molar-refractivity contribution >= 4 is 0 Å². The Kier molecular flexibility index (Phi) is 6.55. The number of hydrogen-bond acceptors (Lipinski definition) is 2. The van der Waals surface area contributed by atoms with Crippen LogP contribution in [0.3, 0.4) is 0 Å². The predicted molar refractivity (Wildman–Crippen MR) is 86.9 cm³/mol. The van der Waals surface area contributed by atoms with E-state index in [2.05, 4.69) is 54.4 Å². The lowest BCUT2D eigenvalue weighted by atomic mass is 9.95. The Morgan fingerprint density at radius 1 is 1.25 bits per heavy atom. The summed E-state index contributed by atoms with van der Waals surface area (Å²) in [6, 6.07) is 11.4. The summed E-state index contributed by atoms with van der Waals surface area (Å²) < 4.78 is 0. The molecule has 0 spiro atoms. The Labute approximate surface area is 124 Å². The lowest BCUT2D eigenvalue weighted by Gasteiger charge is -2.33. The van der Waals surface area contributed by atoms with E-state index >= 15 is 0 Å². The standard InChI is InChI=1S/C18H30N2/c1-3-16-9-8-13-20(15-16)14-12-18(19-4-2)17-10-6-5-7-11-17/h5-7,10-11,16,18-19H,3-4,8-9,12-15H2,1-2H3. The highest BCUT2D eigenvalue weighted by Gasteiger charge is 2.19. The molecule has 1 saturated heterocycles. The maximum atomic E-state index is 3.64. The quantitative estimate of drug-likeness (QED) is 0.812. The van der Waals surface area contributed by atoms with Gasteiger partial charge in [-0.05, 0) is 50.4 Å². The van der Waals surface area contributed by atoms with Crippen molar-refractivity contribution in [1.82, 2.24) is 10.2 Å². The van der Waals surface area contributed by atoms with Crippen molar-refractivity contribution in [1.29, 1.82) is 0 Å². The molecule has 1 N–H and O–H groups in total. The third-order valence-electron chi connectivity index (χ3n) is 4.57. The molecule has 2 heteroatoms. The summed E-state index contributed by atoms with van der Waals surface area (Å²) >= 11 is 0. The van der Waals surface area contributed by atoms with Gasteiger partial charge in [-0.25, -0.2) is 0 Å². The van der Waals surface area contributed by atoms with E-state index in [0.717, 1.165) is 12.5 Å². The molecule has 2 atom stereocenters. The Hall–Kier alpha value is -0.860. The Morgan fingerprint density at radius 2 is 2.05 bits per heavy atom. The van der Waals surface area contributed by atoms with Crippen LogP contribution >= 0.6 is 0 Å². The second-order valence-electron chi connectivity index (χ2n) is 6.03. The molecule has 0 saturated carbocycles. The fraction of sp³-hybridized carbons (Fsp3) is 0.667. The maximum absolute atomic E-state index is 3.64. The van der Waals surface area contributed by atoms with Crippen molar-refractivity contribution in [2.45, 2.75) is 45.6 Å². The van der Waals surface area contributed by atoms with Gasteiger partial charge in [0.2, 0.25) is 0 Å². The van der Waals surface area contributed by atoms with Gasteiger partial charge in [0.15, 0.2) is 0 Å². The zero-order valence-electron chi connectivity index (χ0n) is 13.1. The maximum Gasteiger partial charge on any atom is 0.0332 e. The first kappa shape index (κ1) is 15.5. The summed E-state index contributed by atoms with van der Waals surface area (Å²) in [7, 11) is 0. The Morgan fingerprint density at radius 3 is 2.75 bits per heavy atom. The minimum Gasteiger partial charge on any atom is -0.310 e. The van der Waals surface area contributed by atoms with Crippen molar-refractivity contribution in [3.8, 4) is 0 Å². The van der Waals surface area contributed by atoms with E-state index in [4.69, 9.17) is 0 Å². The largest absolute Gasteiger partial charge is 0.310 e. The number of likely N-dealkylation sites (tertiary alicyclic amines) is 1. The molecule has 1 heterocycles. The molecular formula is C18H30N2. The molecule has 1 aromatic rings. The molecule has 112 valence electrons. The van der Waals surface area contributed by atoms with Crippen LogP contribution in [0.1, 0.15) is 51.1 Å². The van der Waals surface area contributed by atoms with Crippen LogP contribution in [0.25, 0.3) is 0 Å². The van der Waals surface area contributed by atoms with Crippen LogP contribution in [-0.2, 0) is 0 Å². The second-order valence-corrected chi connectivity index (χ2v) is 6.03. The summed E-state index contributed by atoms with van der Waals surface area (Å²) in [4.78, 5) is 2.67. The fourth-order valence-electron chi connectivity index (χ4n) is 3.32. The minimum atomic E-state index is 0.503. The van der Waals surface area contributed by atoms with Crippen LogP contribution in [0.15, 0.2) is 30.3 Å². The lowest BCUT2D eigenvalue weighted by molar-refractivity contribution is 0.165. The van der Waals surface area contributed by atoms with E-state index in [1.807, 2.05) is 0 Å². The fourth-order valence-corrected chi connectivity index (χ4v) is 3.32. The molecule has 2 rings (SSSR count). The van der Waals surface area contributed by atoms with Gasteiger partial charge in [0, 0.05) is 12.6 Å². The normalized spacial score (nSPS) is 21.8. The van der Waals surface area contributed by atoms with Gasteiger partial charge in [-0.15, -0.1) is 0 Å². The number of piperidine rings is 1. The van der Waals surface area contributed by atoms with E-state index in [0.29, 0.717) is 6.04 Å². The van der Waals surface area contributed by atoms with Crippen molar-refractivity contribution < 1.29 is 0 Å². The number of nitrogens with one attached hydrogen (secondary N) is 1. The predicted octanol–water partition coefficient (Wildman–Crippen LogP) is 3.85. The van der Waals surface area contributed by atoms with E-state index in [-0.39, 0.29) is 0 Å². The average Bonchev–Trinajstić information content (AvgIpc) is 2.52. The molecule has 0 amide bonds.